The number of aromatic nitrogens is 1. The first-order chi connectivity index (χ1) is 9.57. The SMILES string of the molecule is O=S(=O)(c1cnc(-c2ccc(F)cc2)s1)N1CCCC1. The first kappa shape index (κ1) is 13.7. The van der Waals surface area contributed by atoms with E-state index in [2.05, 4.69) is 4.98 Å². The van der Waals surface area contributed by atoms with Crippen molar-refractivity contribution in [1.82, 2.24) is 9.29 Å². The number of sulfonamides is 1. The molecule has 0 aliphatic carbocycles. The van der Waals surface area contributed by atoms with Crippen molar-refractivity contribution in [2.24, 2.45) is 0 Å². The highest BCUT2D eigenvalue weighted by Crippen LogP contribution is 2.30. The summed E-state index contributed by atoms with van der Waals surface area (Å²) in [6, 6.07) is 5.87. The maximum absolute atomic E-state index is 12.9. The van der Waals surface area contributed by atoms with Crippen molar-refractivity contribution in [2.75, 3.05) is 13.1 Å². The van der Waals surface area contributed by atoms with Crippen LogP contribution in [0.2, 0.25) is 0 Å². The number of nitrogens with zero attached hydrogens (tertiary/aromatic N) is 2. The van der Waals surface area contributed by atoms with Gasteiger partial charge in [0, 0.05) is 18.7 Å². The van der Waals surface area contributed by atoms with E-state index < -0.39 is 10.0 Å². The van der Waals surface area contributed by atoms with Gasteiger partial charge >= 0.3 is 0 Å². The Bertz CT molecular complexity index is 704. The van der Waals surface area contributed by atoms with Crippen LogP contribution < -0.4 is 0 Å². The third-order valence-corrected chi connectivity index (χ3v) is 6.62. The lowest BCUT2D eigenvalue weighted by Gasteiger charge is -2.12. The summed E-state index contributed by atoms with van der Waals surface area (Å²) in [6.45, 7) is 1.15. The number of rotatable bonds is 3. The molecular formula is C13H13FN2O2S2. The van der Waals surface area contributed by atoms with Crippen molar-refractivity contribution in [3.63, 3.8) is 0 Å². The van der Waals surface area contributed by atoms with Crippen LogP contribution in [0.25, 0.3) is 10.6 Å². The standard InChI is InChI=1S/C13H13FN2O2S2/c14-11-5-3-10(4-6-11)13-15-9-12(19-13)20(17,18)16-7-1-2-8-16/h3-6,9H,1-2,7-8H2. The highest BCUT2D eigenvalue weighted by atomic mass is 32.2. The number of thiazole rings is 1. The molecule has 106 valence electrons. The molecule has 0 amide bonds. The van der Waals surface area contributed by atoms with Gasteiger partial charge in [-0.1, -0.05) is 0 Å². The van der Waals surface area contributed by atoms with Crippen LogP contribution >= 0.6 is 11.3 Å². The fraction of sp³-hybridized carbons (Fsp3) is 0.308. The van der Waals surface area contributed by atoms with E-state index in [1.165, 1.54) is 22.6 Å². The number of benzene rings is 1. The van der Waals surface area contributed by atoms with E-state index in [0.29, 0.717) is 18.1 Å². The Balaban J connectivity index is 1.92. The molecule has 7 heteroatoms. The van der Waals surface area contributed by atoms with E-state index >= 15 is 0 Å². The fourth-order valence-electron chi connectivity index (χ4n) is 2.16. The van der Waals surface area contributed by atoms with Crippen molar-refractivity contribution in [2.45, 2.75) is 17.1 Å². The van der Waals surface area contributed by atoms with Crippen LogP contribution in [0.5, 0.6) is 0 Å². The summed E-state index contributed by atoms with van der Waals surface area (Å²) >= 11 is 1.12. The van der Waals surface area contributed by atoms with E-state index in [1.807, 2.05) is 0 Å². The van der Waals surface area contributed by atoms with Gasteiger partial charge in [-0.2, -0.15) is 4.31 Å². The maximum Gasteiger partial charge on any atom is 0.254 e. The average molecular weight is 312 g/mol. The molecule has 0 unspecified atom stereocenters. The summed E-state index contributed by atoms with van der Waals surface area (Å²) in [5, 5.41) is 0.586. The summed E-state index contributed by atoms with van der Waals surface area (Å²) in [7, 11) is -3.42. The molecule has 1 aliphatic heterocycles. The van der Waals surface area contributed by atoms with Crippen LogP contribution in [0.4, 0.5) is 4.39 Å². The van der Waals surface area contributed by atoms with E-state index in [0.717, 1.165) is 29.7 Å². The van der Waals surface area contributed by atoms with Crippen LogP contribution in [0.1, 0.15) is 12.8 Å². The Labute approximate surface area is 120 Å². The Morgan fingerprint density at radius 3 is 2.45 bits per heavy atom. The Hall–Kier alpha value is -1.31. The minimum absolute atomic E-state index is 0.249. The normalized spacial score (nSPS) is 16.6. The predicted molar refractivity (Wildman–Crippen MR) is 75.5 cm³/mol. The largest absolute Gasteiger partial charge is 0.254 e. The van der Waals surface area contributed by atoms with Gasteiger partial charge in [0.2, 0.25) is 0 Å². The third-order valence-electron chi connectivity index (χ3n) is 3.23. The van der Waals surface area contributed by atoms with Gasteiger partial charge in [-0.15, -0.1) is 11.3 Å². The monoisotopic (exact) mass is 312 g/mol. The van der Waals surface area contributed by atoms with Crippen molar-refractivity contribution < 1.29 is 12.8 Å². The van der Waals surface area contributed by atoms with Gasteiger partial charge in [0.15, 0.2) is 4.21 Å². The van der Waals surface area contributed by atoms with E-state index in [-0.39, 0.29) is 10.0 Å². The second-order valence-corrected chi connectivity index (χ2v) is 7.80. The minimum atomic E-state index is -3.42. The molecule has 0 bridgehead atoms. The molecule has 1 saturated heterocycles. The number of hydrogen-bond donors (Lipinski definition) is 0. The van der Waals surface area contributed by atoms with Crippen LogP contribution in [-0.2, 0) is 10.0 Å². The van der Waals surface area contributed by atoms with Crippen molar-refractivity contribution >= 4 is 21.4 Å². The third kappa shape index (κ3) is 2.48. The molecule has 0 atom stereocenters. The van der Waals surface area contributed by atoms with Gasteiger partial charge in [0.05, 0.1) is 6.20 Å². The molecule has 20 heavy (non-hydrogen) atoms. The van der Waals surface area contributed by atoms with Crippen LogP contribution in [0, 0.1) is 5.82 Å². The number of hydrogen-bond acceptors (Lipinski definition) is 4. The summed E-state index contributed by atoms with van der Waals surface area (Å²) in [6.07, 6.45) is 3.20. The average Bonchev–Trinajstić information content (AvgIpc) is 3.12. The van der Waals surface area contributed by atoms with Crippen LogP contribution in [0.15, 0.2) is 34.7 Å². The Morgan fingerprint density at radius 2 is 1.80 bits per heavy atom. The highest BCUT2D eigenvalue weighted by molar-refractivity contribution is 7.91. The van der Waals surface area contributed by atoms with E-state index in [9.17, 15) is 12.8 Å². The van der Waals surface area contributed by atoms with Gasteiger partial charge in [-0.05, 0) is 37.1 Å². The molecule has 0 spiro atoms. The topological polar surface area (TPSA) is 50.3 Å². The lowest BCUT2D eigenvalue weighted by Crippen LogP contribution is -2.27. The molecule has 1 aromatic carbocycles. The molecule has 1 aromatic heterocycles. The van der Waals surface area contributed by atoms with Crippen molar-refractivity contribution in [3.05, 3.63) is 36.3 Å². The summed E-state index contributed by atoms with van der Waals surface area (Å²) in [5.41, 5.74) is 0.722. The second kappa shape index (κ2) is 5.23. The molecule has 3 rings (SSSR count). The zero-order chi connectivity index (χ0) is 14.2. The lowest BCUT2D eigenvalue weighted by molar-refractivity contribution is 0.479. The van der Waals surface area contributed by atoms with Crippen LogP contribution in [-0.4, -0.2) is 30.8 Å². The molecule has 1 fully saturated rings. The zero-order valence-electron chi connectivity index (χ0n) is 10.6. The fourth-order valence-corrected chi connectivity index (χ4v) is 4.97. The highest BCUT2D eigenvalue weighted by Gasteiger charge is 2.29. The smallest absolute Gasteiger partial charge is 0.243 e. The quantitative estimate of drug-likeness (QED) is 0.875. The van der Waals surface area contributed by atoms with Gasteiger partial charge < -0.3 is 0 Å². The van der Waals surface area contributed by atoms with Gasteiger partial charge in [-0.25, -0.2) is 17.8 Å². The molecule has 2 heterocycles. The summed E-state index contributed by atoms with van der Waals surface area (Å²) < 4.78 is 39.4. The van der Waals surface area contributed by atoms with Crippen LogP contribution in [0.3, 0.4) is 0 Å². The van der Waals surface area contributed by atoms with Gasteiger partial charge in [0.25, 0.3) is 10.0 Å². The molecule has 2 aromatic rings. The molecule has 0 radical (unpaired) electrons. The first-order valence-corrected chi connectivity index (χ1v) is 8.55. The molecule has 1 aliphatic rings. The summed E-state index contributed by atoms with van der Waals surface area (Å²) in [5.74, 6) is -0.324. The van der Waals surface area contributed by atoms with E-state index in [4.69, 9.17) is 0 Å². The maximum atomic E-state index is 12.9. The molecule has 4 nitrogen and oxygen atoms in total. The minimum Gasteiger partial charge on any atom is -0.243 e. The number of halogens is 1. The summed E-state index contributed by atoms with van der Waals surface area (Å²) in [4.78, 5) is 4.14. The van der Waals surface area contributed by atoms with Gasteiger partial charge in [0.1, 0.15) is 10.8 Å². The Kier molecular flexibility index (Phi) is 3.57. The second-order valence-electron chi connectivity index (χ2n) is 4.60. The van der Waals surface area contributed by atoms with E-state index in [1.54, 1.807) is 12.1 Å². The molecular weight excluding hydrogens is 299 g/mol. The Morgan fingerprint density at radius 1 is 1.15 bits per heavy atom. The van der Waals surface area contributed by atoms with Crippen molar-refractivity contribution in [1.29, 1.82) is 0 Å². The zero-order valence-corrected chi connectivity index (χ0v) is 12.3. The lowest BCUT2D eigenvalue weighted by atomic mass is 10.2. The first-order valence-electron chi connectivity index (χ1n) is 6.29. The van der Waals surface area contributed by atoms with Gasteiger partial charge in [-0.3, -0.25) is 0 Å². The molecule has 0 saturated carbocycles. The molecule has 0 N–H and O–H groups in total. The van der Waals surface area contributed by atoms with Crippen molar-refractivity contribution in [3.8, 4) is 10.6 Å². The predicted octanol–water partition coefficient (Wildman–Crippen LogP) is 2.73.